The molecule has 280 valence electrons. The maximum absolute atomic E-state index is 6.30. The standard InChI is InChI=1S/C58H37NO/c1-2-17-45-39(13-1)14-12-24-46(45)41-15-11-16-42(35-41)47-18-7-9-25-56(47)59(44-32-34-58-55(37-44)53-23-8-10-26-57(53)60-58)43-30-27-38(28-31-43)40-29-33-52-50-21-4-3-19-48(50)49-20-5-6-22-51(49)54(52)36-40/h1-37H. The van der Waals surface area contributed by atoms with E-state index in [1.807, 2.05) is 12.1 Å². The molecule has 12 aromatic rings. The monoisotopic (exact) mass is 763 g/mol. The van der Waals surface area contributed by atoms with Crippen LogP contribution in [0.4, 0.5) is 17.1 Å². The van der Waals surface area contributed by atoms with Crippen LogP contribution in [0.25, 0.3) is 98.4 Å². The minimum absolute atomic E-state index is 0.878. The molecule has 0 aliphatic rings. The summed E-state index contributed by atoms with van der Waals surface area (Å²) >= 11 is 0. The van der Waals surface area contributed by atoms with E-state index in [1.54, 1.807) is 0 Å². The topological polar surface area (TPSA) is 16.4 Å². The van der Waals surface area contributed by atoms with E-state index >= 15 is 0 Å². The van der Waals surface area contributed by atoms with Gasteiger partial charge in [0, 0.05) is 27.7 Å². The number of anilines is 3. The highest BCUT2D eigenvalue weighted by Gasteiger charge is 2.20. The molecule has 2 nitrogen and oxygen atoms in total. The normalized spacial score (nSPS) is 11.7. The molecule has 0 aliphatic carbocycles. The molecule has 0 aliphatic heterocycles. The fraction of sp³-hybridized carbons (Fsp3) is 0. The predicted octanol–water partition coefficient (Wildman–Crippen LogP) is 16.7. The summed E-state index contributed by atoms with van der Waals surface area (Å²) in [5.41, 5.74) is 12.1. The van der Waals surface area contributed by atoms with Gasteiger partial charge in [0.1, 0.15) is 11.2 Å². The van der Waals surface area contributed by atoms with E-state index in [2.05, 4.69) is 217 Å². The van der Waals surface area contributed by atoms with Crippen molar-refractivity contribution in [2.45, 2.75) is 0 Å². The molecule has 0 saturated heterocycles. The Labute approximate surface area is 347 Å². The highest BCUT2D eigenvalue weighted by molar-refractivity contribution is 6.25. The van der Waals surface area contributed by atoms with Gasteiger partial charge in [0.2, 0.25) is 0 Å². The molecular weight excluding hydrogens is 727 g/mol. The average Bonchev–Trinajstić information content (AvgIpc) is 3.70. The highest BCUT2D eigenvalue weighted by Crippen LogP contribution is 2.45. The molecule has 0 fully saturated rings. The quantitative estimate of drug-likeness (QED) is 0.157. The van der Waals surface area contributed by atoms with E-state index in [0.717, 1.165) is 50.1 Å². The van der Waals surface area contributed by atoms with Crippen LogP contribution in [0.15, 0.2) is 229 Å². The summed E-state index contributed by atoms with van der Waals surface area (Å²) in [7, 11) is 0. The predicted molar refractivity (Wildman–Crippen MR) is 255 cm³/mol. The first kappa shape index (κ1) is 34.1. The smallest absolute Gasteiger partial charge is 0.135 e. The maximum atomic E-state index is 6.30. The molecule has 0 saturated carbocycles. The Bertz CT molecular complexity index is 3570. The van der Waals surface area contributed by atoms with Crippen LogP contribution in [0.5, 0.6) is 0 Å². The van der Waals surface area contributed by atoms with Crippen LogP contribution >= 0.6 is 0 Å². The van der Waals surface area contributed by atoms with Crippen LogP contribution in [0, 0.1) is 0 Å². The van der Waals surface area contributed by atoms with Gasteiger partial charge in [-0.1, -0.05) is 170 Å². The molecule has 0 unspecified atom stereocenters. The number of hydrogen-bond acceptors (Lipinski definition) is 2. The van der Waals surface area contributed by atoms with Gasteiger partial charge in [0.25, 0.3) is 0 Å². The van der Waals surface area contributed by atoms with Crippen LogP contribution in [-0.4, -0.2) is 0 Å². The second kappa shape index (κ2) is 13.9. The van der Waals surface area contributed by atoms with Gasteiger partial charge in [-0.2, -0.15) is 0 Å². The van der Waals surface area contributed by atoms with Crippen molar-refractivity contribution in [2.75, 3.05) is 4.90 Å². The minimum Gasteiger partial charge on any atom is -0.456 e. The molecule has 11 aromatic carbocycles. The summed E-state index contributed by atoms with van der Waals surface area (Å²) < 4.78 is 6.30. The van der Waals surface area contributed by atoms with E-state index in [0.29, 0.717) is 0 Å². The van der Waals surface area contributed by atoms with Crippen molar-refractivity contribution in [3.8, 4) is 33.4 Å². The van der Waals surface area contributed by atoms with Crippen molar-refractivity contribution in [3.63, 3.8) is 0 Å². The zero-order valence-corrected chi connectivity index (χ0v) is 32.7. The molecular formula is C58H37NO. The summed E-state index contributed by atoms with van der Waals surface area (Å²) in [4.78, 5) is 2.39. The molecule has 12 rings (SSSR count). The number of furan rings is 1. The molecule has 0 amide bonds. The fourth-order valence-electron chi connectivity index (χ4n) is 9.41. The highest BCUT2D eigenvalue weighted by atomic mass is 16.3. The lowest BCUT2D eigenvalue weighted by Crippen LogP contribution is -2.11. The first-order chi connectivity index (χ1) is 29.7. The fourth-order valence-corrected chi connectivity index (χ4v) is 9.41. The van der Waals surface area contributed by atoms with Gasteiger partial charge >= 0.3 is 0 Å². The number of fused-ring (bicyclic) bond motifs is 10. The lowest BCUT2D eigenvalue weighted by molar-refractivity contribution is 0.669. The molecule has 0 bridgehead atoms. The lowest BCUT2D eigenvalue weighted by Gasteiger charge is -2.28. The zero-order valence-electron chi connectivity index (χ0n) is 32.7. The van der Waals surface area contributed by atoms with Gasteiger partial charge in [0.15, 0.2) is 0 Å². The van der Waals surface area contributed by atoms with Gasteiger partial charge in [0.05, 0.1) is 5.69 Å². The van der Waals surface area contributed by atoms with Crippen molar-refractivity contribution in [2.24, 2.45) is 0 Å². The number of rotatable bonds is 6. The second-order valence-electron chi connectivity index (χ2n) is 15.6. The summed E-state index contributed by atoms with van der Waals surface area (Å²) in [6, 6.07) is 81.3. The van der Waals surface area contributed by atoms with Crippen molar-refractivity contribution >= 4 is 82.1 Å². The van der Waals surface area contributed by atoms with Gasteiger partial charge in [-0.25, -0.2) is 0 Å². The molecule has 60 heavy (non-hydrogen) atoms. The Hall–Kier alpha value is -7.94. The van der Waals surface area contributed by atoms with Crippen molar-refractivity contribution < 1.29 is 4.42 Å². The van der Waals surface area contributed by atoms with Crippen LogP contribution in [-0.2, 0) is 0 Å². The van der Waals surface area contributed by atoms with Crippen molar-refractivity contribution in [1.29, 1.82) is 0 Å². The lowest BCUT2D eigenvalue weighted by atomic mass is 9.92. The third kappa shape index (κ3) is 5.57. The molecule has 2 heteroatoms. The molecule has 0 atom stereocenters. The number of hydrogen-bond donors (Lipinski definition) is 0. The number of nitrogens with zero attached hydrogens (tertiary/aromatic N) is 1. The average molecular weight is 764 g/mol. The minimum atomic E-state index is 0.878. The van der Waals surface area contributed by atoms with Gasteiger partial charge < -0.3 is 9.32 Å². The van der Waals surface area contributed by atoms with Crippen LogP contribution in [0.1, 0.15) is 0 Å². The Kier molecular flexibility index (Phi) is 7.89. The van der Waals surface area contributed by atoms with Crippen molar-refractivity contribution in [1.82, 2.24) is 0 Å². The van der Waals surface area contributed by atoms with E-state index in [-0.39, 0.29) is 0 Å². The first-order valence-electron chi connectivity index (χ1n) is 20.6. The third-order valence-corrected chi connectivity index (χ3v) is 12.2. The molecule has 0 spiro atoms. The molecule has 0 N–H and O–H groups in total. The van der Waals surface area contributed by atoms with Crippen LogP contribution in [0.3, 0.4) is 0 Å². The number of benzene rings is 11. The molecule has 1 aromatic heterocycles. The van der Waals surface area contributed by atoms with Gasteiger partial charge in [-0.3, -0.25) is 0 Å². The molecule has 1 heterocycles. The third-order valence-electron chi connectivity index (χ3n) is 12.2. The van der Waals surface area contributed by atoms with E-state index in [4.69, 9.17) is 4.42 Å². The summed E-state index contributed by atoms with van der Waals surface area (Å²) in [5, 5.41) is 12.4. The summed E-state index contributed by atoms with van der Waals surface area (Å²) in [6.45, 7) is 0. The number of para-hydroxylation sites is 2. The second-order valence-corrected chi connectivity index (χ2v) is 15.6. The summed E-state index contributed by atoms with van der Waals surface area (Å²) in [5.74, 6) is 0. The van der Waals surface area contributed by atoms with Crippen molar-refractivity contribution in [3.05, 3.63) is 224 Å². The van der Waals surface area contributed by atoms with Gasteiger partial charge in [-0.15, -0.1) is 0 Å². The SMILES string of the molecule is c1cc(-c2ccccc2N(c2ccc(-c3ccc4c5ccccc5c5ccccc5c4c3)cc2)c2ccc3oc4ccccc4c3c2)cc(-c2cccc3ccccc23)c1. The summed E-state index contributed by atoms with van der Waals surface area (Å²) in [6.07, 6.45) is 0. The zero-order chi connectivity index (χ0) is 39.6. The van der Waals surface area contributed by atoms with Crippen LogP contribution in [0.2, 0.25) is 0 Å². The largest absolute Gasteiger partial charge is 0.456 e. The Balaban J connectivity index is 1.01. The molecule has 0 radical (unpaired) electrons. The van der Waals surface area contributed by atoms with E-state index < -0.39 is 0 Å². The Morgan fingerprint density at radius 3 is 1.58 bits per heavy atom. The Morgan fingerprint density at radius 1 is 0.267 bits per heavy atom. The van der Waals surface area contributed by atoms with Gasteiger partial charge in [-0.05, 0) is 126 Å². The van der Waals surface area contributed by atoms with E-state index in [1.165, 1.54) is 65.3 Å². The van der Waals surface area contributed by atoms with E-state index in [9.17, 15) is 0 Å². The first-order valence-corrected chi connectivity index (χ1v) is 20.6. The Morgan fingerprint density at radius 2 is 0.800 bits per heavy atom. The van der Waals surface area contributed by atoms with Crippen LogP contribution < -0.4 is 4.90 Å². The maximum Gasteiger partial charge on any atom is 0.135 e.